The van der Waals surface area contributed by atoms with E-state index >= 15 is 0 Å². The third-order valence-corrected chi connectivity index (χ3v) is 7.27. The summed E-state index contributed by atoms with van der Waals surface area (Å²) in [6, 6.07) is 7.64. The highest BCUT2D eigenvalue weighted by molar-refractivity contribution is 5.97. The van der Waals surface area contributed by atoms with Crippen molar-refractivity contribution in [3.63, 3.8) is 0 Å². The van der Waals surface area contributed by atoms with Crippen molar-refractivity contribution in [2.45, 2.75) is 57.4 Å². The van der Waals surface area contributed by atoms with E-state index in [-0.39, 0.29) is 61.8 Å². The molecule has 10 heteroatoms. The molecule has 1 aliphatic carbocycles. The number of ether oxygens (including phenoxy) is 2. The highest BCUT2D eigenvalue weighted by Gasteiger charge is 2.25. The van der Waals surface area contributed by atoms with Crippen LogP contribution in [0.5, 0.6) is 11.5 Å². The molecule has 4 rings (SSSR count). The number of benzene rings is 2. The summed E-state index contributed by atoms with van der Waals surface area (Å²) in [5, 5.41) is 16.1. The molecule has 1 heterocycles. The quantitative estimate of drug-likeness (QED) is 0.261. The molecule has 0 bridgehead atoms. The van der Waals surface area contributed by atoms with Gasteiger partial charge in [-0.15, -0.1) is 0 Å². The molecule has 0 unspecified atom stereocenters. The number of carbonyl (C=O) groups excluding carboxylic acids is 2. The average molecular weight is 546 g/mol. The van der Waals surface area contributed by atoms with Crippen molar-refractivity contribution < 1.29 is 33.0 Å². The molecule has 0 radical (unpaired) electrons. The lowest BCUT2D eigenvalue weighted by Crippen LogP contribution is -2.45. The van der Waals surface area contributed by atoms with Crippen LogP contribution in [0, 0.1) is 11.6 Å². The van der Waals surface area contributed by atoms with Crippen LogP contribution in [0.2, 0.25) is 0 Å². The number of phenols is 1. The molecule has 39 heavy (non-hydrogen) atoms. The van der Waals surface area contributed by atoms with E-state index in [0.29, 0.717) is 37.5 Å². The summed E-state index contributed by atoms with van der Waals surface area (Å²) < 4.78 is 38.3. The van der Waals surface area contributed by atoms with Crippen LogP contribution in [0.4, 0.5) is 14.5 Å². The number of amides is 2. The molecule has 2 aliphatic rings. The van der Waals surface area contributed by atoms with E-state index in [2.05, 4.69) is 10.6 Å². The van der Waals surface area contributed by atoms with Crippen molar-refractivity contribution in [1.82, 2.24) is 10.2 Å². The Kier molecular flexibility index (Phi) is 10.5. The number of anilines is 1. The number of nitrogens with zero attached hydrogens (tertiary/aromatic N) is 1. The molecule has 1 fully saturated rings. The zero-order valence-electron chi connectivity index (χ0n) is 22.1. The van der Waals surface area contributed by atoms with Gasteiger partial charge in [-0.3, -0.25) is 9.59 Å². The molecule has 1 aliphatic heterocycles. The van der Waals surface area contributed by atoms with Crippen LogP contribution in [0.1, 0.15) is 49.7 Å². The Hall–Kier alpha value is -3.24. The summed E-state index contributed by atoms with van der Waals surface area (Å²) >= 11 is 0. The van der Waals surface area contributed by atoms with Gasteiger partial charge in [0.05, 0.1) is 19.6 Å². The molecule has 0 aromatic heterocycles. The zero-order valence-corrected chi connectivity index (χ0v) is 22.1. The maximum atomic E-state index is 13.8. The van der Waals surface area contributed by atoms with Gasteiger partial charge in [-0.25, -0.2) is 8.78 Å². The topological polar surface area (TPSA) is 100 Å². The number of carbonyl (C=O) groups is 2. The summed E-state index contributed by atoms with van der Waals surface area (Å²) in [6.45, 7) is 2.21. The number of nitrogens with one attached hydrogen (secondary N) is 2. The highest BCUT2D eigenvalue weighted by Crippen LogP contribution is 2.39. The first-order chi connectivity index (χ1) is 18.9. The second kappa shape index (κ2) is 14.2. The van der Waals surface area contributed by atoms with Gasteiger partial charge in [-0.2, -0.15) is 0 Å². The van der Waals surface area contributed by atoms with Crippen LogP contribution >= 0.6 is 0 Å². The number of hydrogen-bond acceptors (Lipinski definition) is 6. The number of rotatable bonds is 13. The predicted molar refractivity (Wildman–Crippen MR) is 143 cm³/mol. The Bertz CT molecular complexity index is 1140. The fourth-order valence-electron chi connectivity index (χ4n) is 5.19. The zero-order chi connectivity index (χ0) is 27.6. The van der Waals surface area contributed by atoms with Crippen molar-refractivity contribution in [3.05, 3.63) is 53.1 Å². The first kappa shape index (κ1) is 28.8. The minimum absolute atomic E-state index is 0.0264. The van der Waals surface area contributed by atoms with Gasteiger partial charge in [0, 0.05) is 19.1 Å². The summed E-state index contributed by atoms with van der Waals surface area (Å²) in [5.41, 5.74) is 1.45. The van der Waals surface area contributed by atoms with E-state index in [1.54, 1.807) is 12.1 Å². The summed E-state index contributed by atoms with van der Waals surface area (Å²) in [7, 11) is 0. The third kappa shape index (κ3) is 7.89. The number of aromatic hydroxyl groups is 1. The largest absolute Gasteiger partial charge is 0.506 e. The Labute approximate surface area is 227 Å². The SMILES string of the molecule is O=C1COc2c(CCNCCN(C(=O)CCOCCc3cccc(F)c3F)C3CCCCC3)ccc(O)c2N1. The molecular formula is C29H37F2N3O5. The van der Waals surface area contributed by atoms with E-state index in [9.17, 15) is 23.5 Å². The summed E-state index contributed by atoms with van der Waals surface area (Å²) in [4.78, 5) is 26.7. The van der Waals surface area contributed by atoms with Crippen LogP contribution < -0.4 is 15.4 Å². The lowest BCUT2D eigenvalue weighted by Gasteiger charge is -2.34. The van der Waals surface area contributed by atoms with Crippen LogP contribution in [0.3, 0.4) is 0 Å². The molecule has 1 saturated carbocycles. The molecule has 2 amide bonds. The molecule has 3 N–H and O–H groups in total. The number of hydrogen-bond donors (Lipinski definition) is 3. The molecule has 212 valence electrons. The Morgan fingerprint density at radius 3 is 2.72 bits per heavy atom. The van der Waals surface area contributed by atoms with Crippen molar-refractivity contribution in [1.29, 1.82) is 0 Å². The molecular weight excluding hydrogens is 508 g/mol. The van der Waals surface area contributed by atoms with Crippen molar-refractivity contribution in [3.8, 4) is 11.5 Å². The van der Waals surface area contributed by atoms with Crippen LogP contribution in [-0.4, -0.2) is 67.3 Å². The molecule has 2 aromatic rings. The van der Waals surface area contributed by atoms with E-state index in [4.69, 9.17) is 9.47 Å². The predicted octanol–water partition coefficient (Wildman–Crippen LogP) is 3.94. The number of phenolic OH excluding ortho intramolecular Hbond substituents is 1. The number of fused-ring (bicyclic) bond motifs is 1. The Morgan fingerprint density at radius 2 is 1.90 bits per heavy atom. The lowest BCUT2D eigenvalue weighted by atomic mass is 9.94. The van der Waals surface area contributed by atoms with Crippen molar-refractivity contribution >= 4 is 17.5 Å². The van der Waals surface area contributed by atoms with Gasteiger partial charge >= 0.3 is 0 Å². The van der Waals surface area contributed by atoms with E-state index in [0.717, 1.165) is 37.3 Å². The first-order valence-electron chi connectivity index (χ1n) is 13.7. The molecule has 0 saturated heterocycles. The fourth-order valence-corrected chi connectivity index (χ4v) is 5.19. The van der Waals surface area contributed by atoms with E-state index < -0.39 is 11.6 Å². The minimum Gasteiger partial charge on any atom is -0.506 e. The second-order valence-corrected chi connectivity index (χ2v) is 9.99. The average Bonchev–Trinajstić information content (AvgIpc) is 2.94. The van der Waals surface area contributed by atoms with E-state index in [1.807, 2.05) is 4.90 Å². The minimum atomic E-state index is -0.872. The molecule has 2 aromatic carbocycles. The highest BCUT2D eigenvalue weighted by atomic mass is 19.2. The van der Waals surface area contributed by atoms with E-state index in [1.165, 1.54) is 18.6 Å². The van der Waals surface area contributed by atoms with Gasteiger partial charge in [-0.05, 0) is 55.5 Å². The monoisotopic (exact) mass is 545 g/mol. The molecule has 0 spiro atoms. The standard InChI is InChI=1S/C29H37F2N3O5/c30-23-8-4-5-20(27(23)31)12-17-38-18-13-26(37)34(22-6-2-1-3-7-22)16-15-32-14-11-21-9-10-24(35)28-29(21)39-19-25(36)33-28/h4-5,8-10,22,32,35H,1-3,6-7,11-19H2,(H,33,36). The summed E-state index contributed by atoms with van der Waals surface area (Å²) in [5.74, 6) is -1.51. The molecule has 8 nitrogen and oxygen atoms in total. The van der Waals surface area contributed by atoms with Crippen molar-refractivity contribution in [2.24, 2.45) is 0 Å². The fraction of sp³-hybridized carbons (Fsp3) is 0.517. The first-order valence-corrected chi connectivity index (χ1v) is 13.7. The molecule has 0 atom stereocenters. The maximum Gasteiger partial charge on any atom is 0.262 e. The van der Waals surface area contributed by atoms with Crippen LogP contribution in [0.15, 0.2) is 30.3 Å². The lowest BCUT2D eigenvalue weighted by molar-refractivity contribution is -0.135. The summed E-state index contributed by atoms with van der Waals surface area (Å²) in [6.07, 6.45) is 6.52. The third-order valence-electron chi connectivity index (χ3n) is 7.27. The smallest absolute Gasteiger partial charge is 0.262 e. The maximum absolute atomic E-state index is 13.8. The van der Waals surface area contributed by atoms with Gasteiger partial charge < -0.3 is 30.1 Å². The Morgan fingerprint density at radius 1 is 1.08 bits per heavy atom. The van der Waals surface area contributed by atoms with Gasteiger partial charge in [0.15, 0.2) is 24.0 Å². The van der Waals surface area contributed by atoms with Gasteiger partial charge in [0.25, 0.3) is 5.91 Å². The van der Waals surface area contributed by atoms with Crippen LogP contribution in [-0.2, 0) is 27.2 Å². The number of halogens is 2. The van der Waals surface area contributed by atoms with Gasteiger partial charge in [0.2, 0.25) is 5.91 Å². The normalized spacial score (nSPS) is 15.4. The second-order valence-electron chi connectivity index (χ2n) is 9.99. The Balaban J connectivity index is 1.22. The van der Waals surface area contributed by atoms with Crippen molar-refractivity contribution in [2.75, 3.05) is 44.8 Å². The van der Waals surface area contributed by atoms with Gasteiger partial charge in [-0.1, -0.05) is 37.5 Å². The van der Waals surface area contributed by atoms with Gasteiger partial charge in [0.1, 0.15) is 11.4 Å². The van der Waals surface area contributed by atoms with Crippen LogP contribution in [0.25, 0.3) is 0 Å².